The second-order valence-electron chi connectivity index (χ2n) is 10.1. The minimum Gasteiger partial charge on any atom is -0.208 e. The lowest BCUT2D eigenvalue weighted by atomic mass is 10.0. The summed E-state index contributed by atoms with van der Waals surface area (Å²) in [6, 6.07) is 45.8. The van der Waals surface area contributed by atoms with Gasteiger partial charge in [-0.15, -0.1) is 0 Å². The summed E-state index contributed by atoms with van der Waals surface area (Å²) >= 11 is 0. The van der Waals surface area contributed by atoms with Crippen molar-refractivity contribution >= 4 is 5.57 Å². The molecule has 0 N–H and O–H groups in total. The number of nitrogens with zero attached hydrogens (tertiary/aromatic N) is 3. The molecule has 1 heterocycles. The molecule has 0 unspecified atom stereocenters. The number of benzene rings is 5. The molecule has 0 saturated carbocycles. The van der Waals surface area contributed by atoms with E-state index in [-0.39, 0.29) is 0 Å². The van der Waals surface area contributed by atoms with Crippen LogP contribution in [0.15, 0.2) is 164 Å². The first-order chi connectivity index (χ1) is 21.2. The smallest absolute Gasteiger partial charge is 0.164 e. The van der Waals surface area contributed by atoms with Gasteiger partial charge in [0.05, 0.1) is 0 Å². The highest BCUT2D eigenvalue weighted by atomic mass is 15.0. The van der Waals surface area contributed by atoms with Crippen LogP contribution < -0.4 is 0 Å². The molecule has 0 aliphatic rings. The van der Waals surface area contributed by atoms with Gasteiger partial charge in [0.25, 0.3) is 0 Å². The Balaban J connectivity index is 1.51. The molecular weight excluding hydrogens is 522 g/mol. The average Bonchev–Trinajstić information content (AvgIpc) is 3.09. The molecule has 0 fully saturated rings. The highest BCUT2D eigenvalue weighted by Gasteiger charge is 2.14. The summed E-state index contributed by atoms with van der Waals surface area (Å²) in [5.41, 5.74) is 9.43. The molecule has 0 saturated heterocycles. The molecule has 5 aromatic carbocycles. The summed E-state index contributed by atoms with van der Waals surface area (Å²) in [6.45, 7) is 5.91. The molecule has 0 aliphatic carbocycles. The fraction of sp³-hybridized carbons (Fsp3) is 0.0250. The molecule has 206 valence electrons. The van der Waals surface area contributed by atoms with Gasteiger partial charge in [0.1, 0.15) is 0 Å². The summed E-state index contributed by atoms with van der Waals surface area (Å²) in [6.07, 6.45) is 7.92. The van der Waals surface area contributed by atoms with E-state index in [1.165, 1.54) is 0 Å². The van der Waals surface area contributed by atoms with Crippen molar-refractivity contribution in [1.82, 2.24) is 15.0 Å². The van der Waals surface area contributed by atoms with E-state index < -0.39 is 0 Å². The largest absolute Gasteiger partial charge is 0.208 e. The van der Waals surface area contributed by atoms with Gasteiger partial charge in [-0.3, -0.25) is 0 Å². The predicted molar refractivity (Wildman–Crippen MR) is 180 cm³/mol. The summed E-state index contributed by atoms with van der Waals surface area (Å²) < 4.78 is 0. The molecule has 3 nitrogen and oxygen atoms in total. The Bertz CT molecular complexity index is 1840. The van der Waals surface area contributed by atoms with Gasteiger partial charge < -0.3 is 0 Å². The molecule has 43 heavy (non-hydrogen) atoms. The van der Waals surface area contributed by atoms with Crippen LogP contribution in [0.1, 0.15) is 12.5 Å². The van der Waals surface area contributed by atoms with Gasteiger partial charge in [-0.1, -0.05) is 146 Å². The molecule has 6 rings (SSSR count). The van der Waals surface area contributed by atoms with Crippen LogP contribution in [0.3, 0.4) is 0 Å². The van der Waals surface area contributed by atoms with Crippen LogP contribution in [-0.4, -0.2) is 15.0 Å². The van der Waals surface area contributed by atoms with Crippen molar-refractivity contribution in [3.05, 3.63) is 170 Å². The Hall–Kier alpha value is -5.67. The maximum Gasteiger partial charge on any atom is 0.164 e. The topological polar surface area (TPSA) is 38.7 Å². The highest BCUT2D eigenvalue weighted by molar-refractivity contribution is 5.79. The summed E-state index contributed by atoms with van der Waals surface area (Å²) in [5, 5.41) is 0. The Morgan fingerprint density at radius 1 is 0.488 bits per heavy atom. The second kappa shape index (κ2) is 12.9. The molecule has 0 spiro atoms. The Morgan fingerprint density at radius 3 is 1.37 bits per heavy atom. The van der Waals surface area contributed by atoms with Crippen LogP contribution in [0.5, 0.6) is 0 Å². The molecule has 0 radical (unpaired) electrons. The fourth-order valence-electron chi connectivity index (χ4n) is 5.09. The van der Waals surface area contributed by atoms with Crippen LogP contribution in [0.4, 0.5) is 0 Å². The number of aromatic nitrogens is 3. The first-order valence-corrected chi connectivity index (χ1v) is 14.4. The first kappa shape index (κ1) is 27.5. The lowest BCUT2D eigenvalue weighted by Crippen LogP contribution is -2.00. The zero-order valence-electron chi connectivity index (χ0n) is 24.1. The van der Waals surface area contributed by atoms with E-state index in [0.29, 0.717) is 17.5 Å². The van der Waals surface area contributed by atoms with Crippen molar-refractivity contribution in [1.29, 1.82) is 0 Å². The Kier molecular flexibility index (Phi) is 8.24. The van der Waals surface area contributed by atoms with Gasteiger partial charge in [0.15, 0.2) is 17.5 Å². The summed E-state index contributed by atoms with van der Waals surface area (Å²) in [4.78, 5) is 15.1. The van der Waals surface area contributed by atoms with Gasteiger partial charge in [-0.25, -0.2) is 15.0 Å². The van der Waals surface area contributed by atoms with E-state index in [1.54, 1.807) is 6.08 Å². The third-order valence-corrected chi connectivity index (χ3v) is 7.19. The zero-order valence-corrected chi connectivity index (χ0v) is 24.1. The Morgan fingerprint density at radius 2 is 0.907 bits per heavy atom. The standard InChI is InChI=1S/C40H31N3/c1-3-14-29(15-4-2)32-20-11-23-35(26-32)38-41-39(36-24-12-21-33(27-36)30-16-7-5-8-17-30)43-40(42-38)37-25-13-22-34(28-37)31-18-9-6-10-19-31/h3-28H,1H2,2H3/b15-4-,29-14+. The van der Waals surface area contributed by atoms with Crippen molar-refractivity contribution < 1.29 is 0 Å². The molecule has 0 aliphatic heterocycles. The molecule has 0 amide bonds. The maximum atomic E-state index is 5.03. The number of hydrogen-bond donors (Lipinski definition) is 0. The third-order valence-electron chi connectivity index (χ3n) is 7.19. The maximum absolute atomic E-state index is 5.03. The van der Waals surface area contributed by atoms with Gasteiger partial charge in [-0.05, 0) is 58.5 Å². The van der Waals surface area contributed by atoms with E-state index in [9.17, 15) is 0 Å². The lowest BCUT2D eigenvalue weighted by Gasteiger charge is -2.11. The van der Waals surface area contributed by atoms with Crippen LogP contribution in [-0.2, 0) is 0 Å². The van der Waals surface area contributed by atoms with E-state index >= 15 is 0 Å². The van der Waals surface area contributed by atoms with E-state index in [4.69, 9.17) is 15.0 Å². The molecule has 0 bridgehead atoms. The van der Waals surface area contributed by atoms with Crippen molar-refractivity contribution in [2.75, 3.05) is 0 Å². The van der Waals surface area contributed by atoms with Gasteiger partial charge in [-0.2, -0.15) is 0 Å². The minimum absolute atomic E-state index is 0.621. The first-order valence-electron chi connectivity index (χ1n) is 14.4. The van der Waals surface area contributed by atoms with Crippen LogP contribution >= 0.6 is 0 Å². The van der Waals surface area contributed by atoms with Crippen LogP contribution in [0.2, 0.25) is 0 Å². The third kappa shape index (κ3) is 6.32. The minimum atomic E-state index is 0.621. The number of allylic oxidation sites excluding steroid dienone is 5. The van der Waals surface area contributed by atoms with E-state index in [2.05, 4.69) is 122 Å². The Labute approximate surface area is 253 Å². The normalized spacial score (nSPS) is 11.5. The van der Waals surface area contributed by atoms with Crippen LogP contribution in [0.25, 0.3) is 62.0 Å². The SMILES string of the molecule is C=C/C=C(\C=C/C)c1cccc(-c2nc(-c3cccc(-c4ccccc4)c3)nc(-c3cccc(-c4ccccc4)c3)n2)c1. The molecule has 6 aromatic rings. The van der Waals surface area contributed by atoms with Crippen molar-refractivity contribution in [2.24, 2.45) is 0 Å². The second-order valence-corrected chi connectivity index (χ2v) is 10.1. The molecular formula is C40H31N3. The molecule has 1 aromatic heterocycles. The highest BCUT2D eigenvalue weighted by Crippen LogP contribution is 2.31. The summed E-state index contributed by atoms with van der Waals surface area (Å²) in [7, 11) is 0. The van der Waals surface area contributed by atoms with Crippen molar-refractivity contribution in [3.63, 3.8) is 0 Å². The van der Waals surface area contributed by atoms with Crippen molar-refractivity contribution in [3.8, 4) is 56.4 Å². The zero-order chi connectivity index (χ0) is 29.4. The molecule has 0 atom stereocenters. The van der Waals surface area contributed by atoms with Gasteiger partial charge in [0.2, 0.25) is 0 Å². The fourth-order valence-corrected chi connectivity index (χ4v) is 5.09. The number of rotatable bonds is 8. The monoisotopic (exact) mass is 553 g/mol. The van der Waals surface area contributed by atoms with Gasteiger partial charge in [0, 0.05) is 16.7 Å². The molecule has 3 heteroatoms. The predicted octanol–water partition coefficient (Wildman–Crippen LogP) is 10.4. The van der Waals surface area contributed by atoms with Crippen molar-refractivity contribution in [2.45, 2.75) is 6.92 Å². The lowest BCUT2D eigenvalue weighted by molar-refractivity contribution is 1.07. The quantitative estimate of drug-likeness (QED) is 0.176. The van der Waals surface area contributed by atoms with Gasteiger partial charge >= 0.3 is 0 Å². The number of hydrogen-bond acceptors (Lipinski definition) is 3. The van der Waals surface area contributed by atoms with E-state index in [0.717, 1.165) is 50.1 Å². The summed E-state index contributed by atoms with van der Waals surface area (Å²) in [5.74, 6) is 1.88. The average molecular weight is 554 g/mol. The van der Waals surface area contributed by atoms with Crippen LogP contribution in [0, 0.1) is 0 Å². The van der Waals surface area contributed by atoms with E-state index in [1.807, 2.05) is 43.3 Å².